The summed E-state index contributed by atoms with van der Waals surface area (Å²) in [4.78, 5) is 5.48. The Labute approximate surface area is 131 Å². The molecule has 1 aliphatic carbocycles. The van der Waals surface area contributed by atoms with E-state index in [-0.39, 0.29) is 0 Å². The van der Waals surface area contributed by atoms with E-state index in [9.17, 15) is 5.11 Å². The summed E-state index contributed by atoms with van der Waals surface area (Å²) >= 11 is 1.67. The summed E-state index contributed by atoms with van der Waals surface area (Å²) < 4.78 is 5.53. The van der Waals surface area contributed by atoms with E-state index in [1.807, 2.05) is 12.4 Å². The zero-order chi connectivity index (χ0) is 14.9. The van der Waals surface area contributed by atoms with Crippen LogP contribution in [0.4, 0.5) is 0 Å². The Bertz CT molecular complexity index is 445. The first-order valence-electron chi connectivity index (χ1n) is 7.79. The van der Waals surface area contributed by atoms with E-state index >= 15 is 0 Å². The number of hydrogen-bond acceptors (Lipinski definition) is 5. The molecule has 0 spiro atoms. The van der Waals surface area contributed by atoms with Crippen molar-refractivity contribution >= 4 is 11.3 Å². The molecular formula is C16H26N2O2S. The van der Waals surface area contributed by atoms with E-state index in [4.69, 9.17) is 4.74 Å². The molecule has 0 radical (unpaired) electrons. The molecule has 1 aromatic heterocycles. The van der Waals surface area contributed by atoms with Gasteiger partial charge < -0.3 is 15.2 Å². The van der Waals surface area contributed by atoms with Gasteiger partial charge in [-0.1, -0.05) is 11.6 Å². The van der Waals surface area contributed by atoms with Crippen molar-refractivity contribution in [1.29, 1.82) is 0 Å². The number of nitrogens with one attached hydrogen (secondary N) is 1. The smallest absolute Gasteiger partial charge is 0.0897 e. The average molecular weight is 310 g/mol. The fraction of sp³-hybridized carbons (Fsp3) is 0.688. The van der Waals surface area contributed by atoms with Gasteiger partial charge in [-0.05, 0) is 39.2 Å². The second-order valence-corrected chi connectivity index (χ2v) is 6.49. The number of aryl methyl sites for hydroxylation is 1. The minimum atomic E-state index is -0.426. The van der Waals surface area contributed by atoms with Crippen molar-refractivity contribution in [3.63, 3.8) is 0 Å². The number of thiazole rings is 1. The Hall–Kier alpha value is -0.750. The standard InChI is InChI=1S/C16H26N2O2S/c1-13-16(21-12-18-13)7-9-20-11-15(19)10-17-8-6-14-4-2-3-5-14/h4,12,15,17,19H,2-3,5-11H2,1H3. The molecule has 0 saturated carbocycles. The Kier molecular flexibility index (Phi) is 7.36. The summed E-state index contributed by atoms with van der Waals surface area (Å²) in [6.45, 7) is 4.61. The summed E-state index contributed by atoms with van der Waals surface area (Å²) in [5, 5.41) is 13.1. The van der Waals surface area contributed by atoms with Crippen LogP contribution in [0.25, 0.3) is 0 Å². The van der Waals surface area contributed by atoms with Gasteiger partial charge in [0.1, 0.15) is 0 Å². The maximum absolute atomic E-state index is 9.84. The van der Waals surface area contributed by atoms with Gasteiger partial charge in [-0.25, -0.2) is 4.98 Å². The van der Waals surface area contributed by atoms with Gasteiger partial charge in [0.25, 0.3) is 0 Å². The topological polar surface area (TPSA) is 54.4 Å². The molecule has 2 rings (SSSR count). The van der Waals surface area contributed by atoms with Crippen LogP contribution in [0.2, 0.25) is 0 Å². The zero-order valence-corrected chi connectivity index (χ0v) is 13.6. The minimum Gasteiger partial charge on any atom is -0.389 e. The first-order chi connectivity index (χ1) is 10.3. The van der Waals surface area contributed by atoms with Gasteiger partial charge >= 0.3 is 0 Å². The summed E-state index contributed by atoms with van der Waals surface area (Å²) in [5.41, 5.74) is 4.52. The summed E-state index contributed by atoms with van der Waals surface area (Å²) in [7, 11) is 0. The van der Waals surface area contributed by atoms with Crippen molar-refractivity contribution < 1.29 is 9.84 Å². The van der Waals surface area contributed by atoms with Crippen LogP contribution in [0.5, 0.6) is 0 Å². The van der Waals surface area contributed by atoms with Crippen molar-refractivity contribution in [3.05, 3.63) is 27.7 Å². The number of nitrogens with zero attached hydrogens (tertiary/aromatic N) is 1. The number of aliphatic hydroxyl groups excluding tert-OH is 1. The monoisotopic (exact) mass is 310 g/mol. The minimum absolute atomic E-state index is 0.396. The highest BCUT2D eigenvalue weighted by atomic mass is 32.1. The average Bonchev–Trinajstić information content (AvgIpc) is 3.12. The van der Waals surface area contributed by atoms with E-state index in [1.165, 1.54) is 24.1 Å². The Morgan fingerprint density at radius 3 is 3.10 bits per heavy atom. The molecule has 4 nitrogen and oxygen atoms in total. The van der Waals surface area contributed by atoms with Crippen LogP contribution in [0, 0.1) is 6.92 Å². The summed E-state index contributed by atoms with van der Waals surface area (Å²) in [6, 6.07) is 0. The van der Waals surface area contributed by atoms with Gasteiger partial charge in [0.15, 0.2) is 0 Å². The lowest BCUT2D eigenvalue weighted by atomic mass is 10.2. The number of aromatic nitrogens is 1. The Morgan fingerprint density at radius 1 is 1.48 bits per heavy atom. The molecule has 2 N–H and O–H groups in total. The van der Waals surface area contributed by atoms with E-state index in [2.05, 4.69) is 16.4 Å². The number of hydrogen-bond donors (Lipinski definition) is 2. The molecule has 1 atom stereocenters. The van der Waals surface area contributed by atoms with Crippen molar-refractivity contribution in [2.75, 3.05) is 26.3 Å². The van der Waals surface area contributed by atoms with Gasteiger partial charge in [-0.2, -0.15) is 0 Å². The zero-order valence-electron chi connectivity index (χ0n) is 12.8. The van der Waals surface area contributed by atoms with E-state index < -0.39 is 6.10 Å². The molecule has 0 aromatic carbocycles. The Balaban J connectivity index is 1.45. The lowest BCUT2D eigenvalue weighted by molar-refractivity contribution is 0.0386. The van der Waals surface area contributed by atoms with E-state index in [0.29, 0.717) is 19.8 Å². The first kappa shape index (κ1) is 16.6. The summed E-state index contributed by atoms with van der Waals surface area (Å²) in [5.74, 6) is 0. The van der Waals surface area contributed by atoms with Gasteiger partial charge in [-0.3, -0.25) is 0 Å². The van der Waals surface area contributed by atoms with Crippen molar-refractivity contribution in [2.45, 2.75) is 45.1 Å². The lowest BCUT2D eigenvalue weighted by Crippen LogP contribution is -2.31. The molecule has 1 unspecified atom stereocenters. The molecule has 0 bridgehead atoms. The first-order valence-corrected chi connectivity index (χ1v) is 8.67. The van der Waals surface area contributed by atoms with Gasteiger partial charge in [0.05, 0.1) is 30.5 Å². The number of rotatable bonds is 10. The van der Waals surface area contributed by atoms with E-state index in [1.54, 1.807) is 16.9 Å². The van der Waals surface area contributed by atoms with Crippen LogP contribution in [-0.2, 0) is 11.2 Å². The number of aliphatic hydroxyl groups is 1. The molecular weight excluding hydrogens is 284 g/mol. The second kappa shape index (κ2) is 9.30. The van der Waals surface area contributed by atoms with Gasteiger partial charge in [-0.15, -0.1) is 11.3 Å². The van der Waals surface area contributed by atoms with Crippen molar-refractivity contribution in [2.24, 2.45) is 0 Å². The van der Waals surface area contributed by atoms with Gasteiger partial charge in [0, 0.05) is 17.8 Å². The highest BCUT2D eigenvalue weighted by Gasteiger charge is 2.07. The maximum Gasteiger partial charge on any atom is 0.0897 e. The summed E-state index contributed by atoms with van der Waals surface area (Å²) in [6.07, 6.45) is 7.72. The number of allylic oxidation sites excluding steroid dienone is 1. The highest BCUT2D eigenvalue weighted by Crippen LogP contribution is 2.19. The van der Waals surface area contributed by atoms with Gasteiger partial charge in [0.2, 0.25) is 0 Å². The van der Waals surface area contributed by atoms with Crippen LogP contribution >= 0.6 is 11.3 Å². The largest absolute Gasteiger partial charge is 0.389 e. The third-order valence-electron chi connectivity index (χ3n) is 3.77. The van der Waals surface area contributed by atoms with Crippen LogP contribution < -0.4 is 5.32 Å². The predicted molar refractivity (Wildman–Crippen MR) is 86.8 cm³/mol. The highest BCUT2D eigenvalue weighted by molar-refractivity contribution is 7.09. The van der Waals surface area contributed by atoms with Crippen LogP contribution in [0.15, 0.2) is 17.2 Å². The van der Waals surface area contributed by atoms with Crippen LogP contribution in [0.1, 0.15) is 36.3 Å². The molecule has 1 aromatic rings. The fourth-order valence-electron chi connectivity index (χ4n) is 2.49. The molecule has 5 heteroatoms. The molecule has 0 saturated heterocycles. The lowest BCUT2D eigenvalue weighted by Gasteiger charge is -2.12. The number of ether oxygens (including phenoxy) is 1. The molecule has 21 heavy (non-hydrogen) atoms. The molecule has 0 amide bonds. The molecule has 0 fully saturated rings. The van der Waals surface area contributed by atoms with Crippen LogP contribution in [0.3, 0.4) is 0 Å². The normalized spacial score (nSPS) is 16.2. The van der Waals surface area contributed by atoms with Crippen molar-refractivity contribution in [1.82, 2.24) is 10.3 Å². The third kappa shape index (κ3) is 6.26. The van der Waals surface area contributed by atoms with E-state index in [0.717, 1.165) is 25.1 Å². The maximum atomic E-state index is 9.84. The van der Waals surface area contributed by atoms with Crippen LogP contribution in [-0.4, -0.2) is 42.5 Å². The molecule has 0 aliphatic heterocycles. The quantitative estimate of drug-likeness (QED) is 0.515. The predicted octanol–water partition coefficient (Wildman–Crippen LogP) is 2.46. The second-order valence-electron chi connectivity index (χ2n) is 5.55. The molecule has 1 aliphatic rings. The van der Waals surface area contributed by atoms with Crippen molar-refractivity contribution in [3.8, 4) is 0 Å². The SMILES string of the molecule is Cc1ncsc1CCOCC(O)CNCCC1=CCCC1. The molecule has 1 heterocycles. The Morgan fingerprint density at radius 2 is 2.38 bits per heavy atom. The molecule has 118 valence electrons. The fourth-order valence-corrected chi connectivity index (χ4v) is 3.25. The third-order valence-corrected chi connectivity index (χ3v) is 4.76.